The van der Waals surface area contributed by atoms with Gasteiger partial charge in [-0.3, -0.25) is 9.40 Å². The Bertz CT molecular complexity index is 543. The maximum absolute atomic E-state index is 12.6. The number of nitrogens with zero attached hydrogens (tertiary/aromatic N) is 3. The lowest BCUT2D eigenvalue weighted by atomic mass is 10.1. The number of aryl methyl sites for hydroxylation is 1. The maximum atomic E-state index is 12.6. The van der Waals surface area contributed by atoms with Gasteiger partial charge in [-0.25, -0.2) is 0 Å². The molecule has 0 aliphatic carbocycles. The normalized spacial score (nSPS) is 20.6. The Hall–Kier alpha value is -1.12. The lowest BCUT2D eigenvalue weighted by Gasteiger charge is -2.34. The van der Waals surface area contributed by atoms with E-state index in [9.17, 15) is 8.42 Å². The fourth-order valence-corrected chi connectivity index (χ4v) is 4.06. The van der Waals surface area contributed by atoms with Crippen LogP contribution in [0.5, 0.6) is 0 Å². The van der Waals surface area contributed by atoms with Crippen molar-refractivity contribution in [3.8, 4) is 0 Å². The second kappa shape index (κ2) is 7.24. The van der Waals surface area contributed by atoms with Crippen LogP contribution in [0.25, 0.3) is 0 Å². The standard InChI is InChI=1S/C13H25N5O2S/c1-3-14-10-13-7-5-6-8-18(13)21(19,20)16-12-9-15-17(4-2)11-12/h9,11,13-14,16H,3-8,10H2,1-2H3. The van der Waals surface area contributed by atoms with Crippen molar-refractivity contribution in [3.05, 3.63) is 12.4 Å². The minimum absolute atomic E-state index is 0.0254. The van der Waals surface area contributed by atoms with Gasteiger partial charge in [-0.2, -0.15) is 17.8 Å². The van der Waals surface area contributed by atoms with Crippen LogP contribution in [0.2, 0.25) is 0 Å². The van der Waals surface area contributed by atoms with Gasteiger partial charge in [-0.1, -0.05) is 13.3 Å². The average Bonchev–Trinajstić information content (AvgIpc) is 2.92. The Kier molecular flexibility index (Phi) is 5.60. The second-order valence-electron chi connectivity index (χ2n) is 5.26. The molecule has 2 N–H and O–H groups in total. The molecule has 2 heterocycles. The molecule has 0 spiro atoms. The molecule has 1 aliphatic rings. The molecule has 1 aromatic heterocycles. The van der Waals surface area contributed by atoms with Crippen LogP contribution in [0.1, 0.15) is 33.1 Å². The molecule has 0 bridgehead atoms. The quantitative estimate of drug-likeness (QED) is 0.787. The first-order valence-electron chi connectivity index (χ1n) is 7.59. The number of hydrogen-bond donors (Lipinski definition) is 2. The van der Waals surface area contributed by atoms with Crippen LogP contribution >= 0.6 is 0 Å². The summed E-state index contributed by atoms with van der Waals surface area (Å²) in [5.74, 6) is 0. The summed E-state index contributed by atoms with van der Waals surface area (Å²) in [6, 6.07) is 0.0254. The summed E-state index contributed by atoms with van der Waals surface area (Å²) in [5.41, 5.74) is 0.518. The largest absolute Gasteiger partial charge is 0.315 e. The number of anilines is 1. The minimum atomic E-state index is -3.52. The Labute approximate surface area is 126 Å². The second-order valence-corrected chi connectivity index (χ2v) is 6.88. The topological polar surface area (TPSA) is 79.3 Å². The summed E-state index contributed by atoms with van der Waals surface area (Å²) < 4.78 is 31.1. The van der Waals surface area contributed by atoms with Crippen molar-refractivity contribution in [2.45, 2.75) is 45.7 Å². The van der Waals surface area contributed by atoms with Crippen molar-refractivity contribution in [1.82, 2.24) is 19.4 Å². The van der Waals surface area contributed by atoms with E-state index in [2.05, 4.69) is 15.1 Å². The summed E-state index contributed by atoms with van der Waals surface area (Å²) in [6.07, 6.45) is 6.15. The van der Waals surface area contributed by atoms with Crippen LogP contribution in [-0.4, -0.2) is 48.2 Å². The summed E-state index contributed by atoms with van der Waals surface area (Å²) >= 11 is 0. The maximum Gasteiger partial charge on any atom is 0.302 e. The molecule has 120 valence electrons. The zero-order valence-electron chi connectivity index (χ0n) is 12.7. The van der Waals surface area contributed by atoms with Gasteiger partial charge in [0.25, 0.3) is 0 Å². The number of aromatic nitrogens is 2. The minimum Gasteiger partial charge on any atom is -0.315 e. The fraction of sp³-hybridized carbons (Fsp3) is 0.769. The van der Waals surface area contributed by atoms with E-state index in [0.717, 1.165) is 25.8 Å². The van der Waals surface area contributed by atoms with Crippen molar-refractivity contribution in [2.75, 3.05) is 24.4 Å². The van der Waals surface area contributed by atoms with Gasteiger partial charge in [-0.15, -0.1) is 0 Å². The number of hydrogen-bond acceptors (Lipinski definition) is 4. The Morgan fingerprint density at radius 2 is 2.19 bits per heavy atom. The molecule has 21 heavy (non-hydrogen) atoms. The van der Waals surface area contributed by atoms with Crippen LogP contribution in [0.4, 0.5) is 5.69 Å². The van der Waals surface area contributed by atoms with Gasteiger partial charge in [-0.05, 0) is 26.3 Å². The third-order valence-corrected chi connectivity index (χ3v) is 5.31. The molecule has 1 aliphatic heterocycles. The highest BCUT2D eigenvalue weighted by Gasteiger charge is 2.32. The van der Waals surface area contributed by atoms with Crippen LogP contribution in [0.3, 0.4) is 0 Å². The van der Waals surface area contributed by atoms with Crippen LogP contribution in [0.15, 0.2) is 12.4 Å². The first kappa shape index (κ1) is 16.3. The third-order valence-electron chi connectivity index (χ3n) is 3.72. The lowest BCUT2D eigenvalue weighted by molar-refractivity contribution is 0.248. The van der Waals surface area contributed by atoms with Crippen LogP contribution in [-0.2, 0) is 16.8 Å². The number of piperidine rings is 1. The van der Waals surface area contributed by atoms with Crippen molar-refractivity contribution < 1.29 is 8.42 Å². The van der Waals surface area contributed by atoms with Gasteiger partial charge in [0, 0.05) is 31.9 Å². The van der Waals surface area contributed by atoms with Crippen molar-refractivity contribution in [2.24, 2.45) is 0 Å². The van der Waals surface area contributed by atoms with Crippen LogP contribution in [0, 0.1) is 0 Å². The van der Waals surface area contributed by atoms with Crippen LogP contribution < -0.4 is 10.0 Å². The predicted octanol–water partition coefficient (Wildman–Crippen LogP) is 1.02. The van der Waals surface area contributed by atoms with E-state index in [-0.39, 0.29) is 6.04 Å². The SMILES string of the molecule is CCNCC1CCCCN1S(=O)(=O)Nc1cnn(CC)c1. The van der Waals surface area contributed by atoms with Crippen molar-refractivity contribution >= 4 is 15.9 Å². The van der Waals surface area contributed by atoms with Crippen molar-refractivity contribution in [1.29, 1.82) is 0 Å². The van der Waals surface area contributed by atoms with E-state index >= 15 is 0 Å². The molecule has 1 aromatic rings. The first-order chi connectivity index (χ1) is 10.1. The molecule has 1 unspecified atom stereocenters. The van der Waals surface area contributed by atoms with E-state index in [1.807, 2.05) is 13.8 Å². The molecule has 0 radical (unpaired) electrons. The highest BCUT2D eigenvalue weighted by Crippen LogP contribution is 2.21. The van der Waals surface area contributed by atoms with Gasteiger partial charge in [0.1, 0.15) is 0 Å². The molecule has 7 nitrogen and oxygen atoms in total. The zero-order valence-corrected chi connectivity index (χ0v) is 13.6. The molecule has 1 saturated heterocycles. The smallest absolute Gasteiger partial charge is 0.302 e. The number of likely N-dealkylation sites (N-methyl/N-ethyl adjacent to an activating group) is 1. The van der Waals surface area contributed by atoms with Gasteiger partial charge in [0.05, 0.1) is 11.9 Å². The van der Waals surface area contributed by atoms with Crippen molar-refractivity contribution in [3.63, 3.8) is 0 Å². The van der Waals surface area contributed by atoms with Gasteiger partial charge >= 0.3 is 10.2 Å². The van der Waals surface area contributed by atoms with E-state index in [1.165, 1.54) is 0 Å². The molecule has 0 aromatic carbocycles. The molecule has 1 fully saturated rings. The monoisotopic (exact) mass is 315 g/mol. The predicted molar refractivity (Wildman–Crippen MR) is 83.3 cm³/mol. The highest BCUT2D eigenvalue weighted by molar-refractivity contribution is 7.90. The molecule has 0 amide bonds. The lowest BCUT2D eigenvalue weighted by Crippen LogP contribution is -2.50. The molecular weight excluding hydrogens is 290 g/mol. The van der Waals surface area contributed by atoms with E-state index < -0.39 is 10.2 Å². The third kappa shape index (κ3) is 4.18. The summed E-state index contributed by atoms with van der Waals surface area (Å²) in [5, 5.41) is 7.34. The summed E-state index contributed by atoms with van der Waals surface area (Å²) in [4.78, 5) is 0. The fourth-order valence-electron chi connectivity index (χ4n) is 2.60. The van der Waals surface area contributed by atoms with E-state index in [0.29, 0.717) is 25.3 Å². The molecule has 8 heteroatoms. The molecular formula is C13H25N5O2S. The average molecular weight is 315 g/mol. The van der Waals surface area contributed by atoms with Gasteiger partial charge in [0.15, 0.2) is 0 Å². The van der Waals surface area contributed by atoms with Gasteiger partial charge < -0.3 is 5.32 Å². The Morgan fingerprint density at radius 1 is 1.38 bits per heavy atom. The summed E-state index contributed by atoms with van der Waals surface area (Å²) in [6.45, 7) is 6.83. The molecule has 0 saturated carbocycles. The number of rotatable bonds is 7. The summed E-state index contributed by atoms with van der Waals surface area (Å²) in [7, 11) is -3.52. The van der Waals surface area contributed by atoms with Gasteiger partial charge in [0.2, 0.25) is 0 Å². The first-order valence-corrected chi connectivity index (χ1v) is 9.03. The Balaban J connectivity index is 2.08. The highest BCUT2D eigenvalue weighted by atomic mass is 32.2. The number of nitrogens with one attached hydrogen (secondary N) is 2. The van der Waals surface area contributed by atoms with E-state index in [1.54, 1.807) is 21.4 Å². The molecule has 1 atom stereocenters. The molecule has 2 rings (SSSR count). The van der Waals surface area contributed by atoms with E-state index in [4.69, 9.17) is 0 Å². The zero-order chi connectivity index (χ0) is 15.3. The Morgan fingerprint density at radius 3 is 2.86 bits per heavy atom.